The summed E-state index contributed by atoms with van der Waals surface area (Å²) >= 11 is 0. The number of nitrogens with zero attached hydrogens (tertiary/aromatic N) is 4. The van der Waals surface area contributed by atoms with Crippen LogP contribution in [-0.4, -0.2) is 14.8 Å². The molecule has 0 spiro atoms. The number of pyridine rings is 1. The van der Waals surface area contributed by atoms with Crippen molar-refractivity contribution < 1.29 is 0 Å². The number of anilines is 2. The topological polar surface area (TPSA) is 95.1 Å². The molecule has 0 radical (unpaired) electrons. The number of para-hydroxylation sites is 1. The molecule has 1 unspecified atom stereocenters. The Morgan fingerprint density at radius 1 is 0.824 bits per heavy atom. The van der Waals surface area contributed by atoms with Crippen molar-refractivity contribution in [2.24, 2.45) is 4.99 Å². The largest absolute Gasteiger partial charge is 0.383 e. The summed E-state index contributed by atoms with van der Waals surface area (Å²) in [4.78, 5) is 9.98. The van der Waals surface area contributed by atoms with E-state index in [1.54, 1.807) is 4.68 Å². The van der Waals surface area contributed by atoms with Crippen LogP contribution in [0.4, 0.5) is 11.6 Å². The smallest absolute Gasteiger partial charge is 0.188 e. The Balaban J connectivity index is 1.76. The van der Waals surface area contributed by atoms with Crippen LogP contribution in [0.15, 0.2) is 96.0 Å². The number of hydrogen-bond acceptors (Lipinski definition) is 5. The molecule has 6 rings (SSSR count). The number of fused-ring (bicyclic) bond motifs is 3. The number of nitrogen functional groups attached to an aromatic ring is 2. The van der Waals surface area contributed by atoms with Crippen LogP contribution in [0, 0.1) is 0 Å². The molecule has 3 heterocycles. The molecule has 0 saturated carbocycles. The molecular weight excluding hydrogens is 420 g/mol. The first-order valence-corrected chi connectivity index (χ1v) is 11.3. The summed E-state index contributed by atoms with van der Waals surface area (Å²) in [5, 5.41) is 7.01. The summed E-state index contributed by atoms with van der Waals surface area (Å²) in [6, 6.07) is 30.5. The van der Waals surface area contributed by atoms with Gasteiger partial charge < -0.3 is 11.5 Å². The zero-order valence-electron chi connectivity index (χ0n) is 18.8. The summed E-state index contributed by atoms with van der Waals surface area (Å²) in [6.45, 7) is 2.16. The molecule has 0 bridgehead atoms. The lowest BCUT2D eigenvalue weighted by Gasteiger charge is -2.30. The monoisotopic (exact) mass is 444 g/mol. The lowest BCUT2D eigenvalue weighted by atomic mass is 9.81. The minimum absolute atomic E-state index is 0.415. The van der Waals surface area contributed by atoms with Gasteiger partial charge >= 0.3 is 0 Å². The Morgan fingerprint density at radius 2 is 1.44 bits per heavy atom. The Bertz CT molecular complexity index is 1640. The van der Waals surface area contributed by atoms with Gasteiger partial charge in [0, 0.05) is 11.6 Å². The number of aromatic nitrogens is 3. The van der Waals surface area contributed by atoms with Crippen molar-refractivity contribution in [1.82, 2.24) is 14.8 Å². The second-order valence-corrected chi connectivity index (χ2v) is 8.82. The summed E-state index contributed by atoms with van der Waals surface area (Å²) in [6.07, 6.45) is 0.693. The molecule has 34 heavy (non-hydrogen) atoms. The normalized spacial score (nSPS) is 17.4. The third-order valence-electron chi connectivity index (χ3n) is 6.56. The average molecular weight is 445 g/mol. The Hall–Kier alpha value is -4.45. The zero-order valence-corrected chi connectivity index (χ0v) is 18.8. The van der Waals surface area contributed by atoms with Gasteiger partial charge in [0.05, 0.1) is 22.0 Å². The molecule has 0 fully saturated rings. The van der Waals surface area contributed by atoms with E-state index in [-0.39, 0.29) is 0 Å². The fourth-order valence-electron chi connectivity index (χ4n) is 4.88. The molecule has 0 amide bonds. The van der Waals surface area contributed by atoms with Crippen molar-refractivity contribution in [3.63, 3.8) is 0 Å². The molecule has 1 atom stereocenters. The van der Waals surface area contributed by atoms with Gasteiger partial charge in [0.15, 0.2) is 5.65 Å². The van der Waals surface area contributed by atoms with Crippen molar-refractivity contribution in [3.05, 3.63) is 113 Å². The van der Waals surface area contributed by atoms with Crippen LogP contribution >= 0.6 is 0 Å². The Morgan fingerprint density at radius 3 is 2.12 bits per heavy atom. The Labute approximate surface area is 196 Å². The van der Waals surface area contributed by atoms with Crippen LogP contribution in [0.1, 0.15) is 24.5 Å². The second-order valence-electron chi connectivity index (χ2n) is 8.82. The maximum Gasteiger partial charge on any atom is 0.188 e. The lowest BCUT2D eigenvalue weighted by molar-refractivity contribution is 0.490. The van der Waals surface area contributed by atoms with E-state index >= 15 is 0 Å². The van der Waals surface area contributed by atoms with Crippen molar-refractivity contribution in [2.75, 3.05) is 11.5 Å². The van der Waals surface area contributed by atoms with E-state index in [2.05, 4.69) is 36.2 Å². The second kappa shape index (κ2) is 7.56. The molecule has 0 aliphatic carbocycles. The van der Waals surface area contributed by atoms with Crippen LogP contribution in [0.5, 0.6) is 0 Å². The third kappa shape index (κ3) is 3.07. The molecule has 1 aliphatic rings. The molecule has 1 aliphatic heterocycles. The van der Waals surface area contributed by atoms with Gasteiger partial charge in [-0.2, -0.15) is 0 Å². The van der Waals surface area contributed by atoms with E-state index in [0.29, 0.717) is 23.7 Å². The maximum atomic E-state index is 6.71. The van der Waals surface area contributed by atoms with E-state index in [1.807, 2.05) is 66.7 Å². The van der Waals surface area contributed by atoms with E-state index in [1.165, 1.54) is 0 Å². The highest BCUT2D eigenvalue weighted by molar-refractivity contribution is 5.89. The van der Waals surface area contributed by atoms with Gasteiger partial charge in [-0.05, 0) is 35.8 Å². The third-order valence-corrected chi connectivity index (χ3v) is 6.56. The quantitative estimate of drug-likeness (QED) is 0.443. The standard InChI is InChI=1S/C28H24N6/c1-28(19-13-7-3-8-14-19)17-21(18-11-5-2-6-12-18)22-24(32-28)23-26(30)34(20-15-9-4-10-16-20)33-27(23)31-25(22)29/h2-16H,17,30H2,1H3,(H2,29,31,33). The van der Waals surface area contributed by atoms with Crippen LogP contribution in [0.3, 0.4) is 0 Å². The molecule has 6 nitrogen and oxygen atoms in total. The highest BCUT2D eigenvalue weighted by Crippen LogP contribution is 2.36. The summed E-state index contributed by atoms with van der Waals surface area (Å²) < 4.78 is 1.71. The van der Waals surface area contributed by atoms with Crippen molar-refractivity contribution >= 4 is 28.2 Å². The van der Waals surface area contributed by atoms with Crippen molar-refractivity contribution in [3.8, 4) is 5.69 Å². The van der Waals surface area contributed by atoms with Crippen LogP contribution in [-0.2, 0) is 5.54 Å². The fraction of sp³-hybridized carbons (Fsp3) is 0.107. The summed E-state index contributed by atoms with van der Waals surface area (Å²) in [5.41, 5.74) is 17.5. The number of benzene rings is 3. The van der Waals surface area contributed by atoms with Gasteiger partial charge in [-0.15, -0.1) is 5.10 Å². The van der Waals surface area contributed by atoms with Crippen molar-refractivity contribution in [1.29, 1.82) is 0 Å². The minimum Gasteiger partial charge on any atom is -0.383 e. The van der Waals surface area contributed by atoms with Crippen LogP contribution < -0.4 is 22.0 Å². The molecule has 6 heteroatoms. The highest BCUT2D eigenvalue weighted by atomic mass is 15.3. The average Bonchev–Trinajstić information content (AvgIpc) is 3.21. The Kier molecular flexibility index (Phi) is 4.48. The van der Waals surface area contributed by atoms with E-state index < -0.39 is 5.54 Å². The van der Waals surface area contributed by atoms with Gasteiger partial charge in [0.25, 0.3) is 0 Å². The number of nitrogens with two attached hydrogens (primary N) is 2. The van der Waals surface area contributed by atoms with Gasteiger partial charge in [-0.25, -0.2) is 9.67 Å². The molecule has 0 saturated heterocycles. The van der Waals surface area contributed by atoms with Crippen molar-refractivity contribution in [2.45, 2.75) is 18.9 Å². The van der Waals surface area contributed by atoms with Crippen LogP contribution in [0.25, 0.3) is 22.3 Å². The van der Waals surface area contributed by atoms with Crippen LogP contribution in [0.2, 0.25) is 0 Å². The first-order valence-electron chi connectivity index (χ1n) is 11.3. The molecule has 4 N–H and O–H groups in total. The summed E-state index contributed by atoms with van der Waals surface area (Å²) in [5.74, 6) is 0.913. The zero-order chi connectivity index (χ0) is 23.3. The molecule has 166 valence electrons. The van der Waals surface area contributed by atoms with Gasteiger partial charge in [-0.1, -0.05) is 78.9 Å². The first-order chi connectivity index (χ1) is 16.5. The predicted octanol–water partition coefficient (Wildman–Crippen LogP) is 3.72. The van der Waals surface area contributed by atoms with E-state index in [9.17, 15) is 0 Å². The van der Waals surface area contributed by atoms with E-state index in [4.69, 9.17) is 21.6 Å². The number of rotatable bonds is 3. The van der Waals surface area contributed by atoms with Gasteiger partial charge in [0.1, 0.15) is 11.6 Å². The molecule has 2 aromatic heterocycles. The number of hydrogen-bond donors (Lipinski definition) is 2. The predicted molar refractivity (Wildman–Crippen MR) is 136 cm³/mol. The first kappa shape index (κ1) is 20.2. The maximum absolute atomic E-state index is 6.71. The fourth-order valence-corrected chi connectivity index (χ4v) is 4.88. The SMILES string of the molecule is CC1(c2ccccc2)CC(c2ccccc2)=c2c(N)nc3nn(-c4ccccc4)c(N)c3c2=N1. The molecule has 5 aromatic rings. The van der Waals surface area contributed by atoms with Gasteiger partial charge in [-0.3, -0.25) is 4.99 Å². The minimum atomic E-state index is -0.499. The summed E-state index contributed by atoms with van der Waals surface area (Å²) in [7, 11) is 0. The van der Waals surface area contributed by atoms with E-state index in [0.717, 1.165) is 38.3 Å². The molecule has 3 aromatic carbocycles. The lowest BCUT2D eigenvalue weighted by Crippen LogP contribution is -2.41. The highest BCUT2D eigenvalue weighted by Gasteiger charge is 2.32. The van der Waals surface area contributed by atoms with Gasteiger partial charge in [0.2, 0.25) is 0 Å². The molecular formula is C28H24N6.